The number of primary amides is 1. The van der Waals surface area contributed by atoms with E-state index in [1.54, 1.807) is 72.8 Å². The van der Waals surface area contributed by atoms with Crippen molar-refractivity contribution in [1.29, 1.82) is 0 Å². The maximum absolute atomic E-state index is 14.8. The second kappa shape index (κ2) is 32.2. The molecule has 26 heteroatoms. The summed E-state index contributed by atoms with van der Waals surface area (Å²) in [6.45, 7) is 3.81. The summed E-state index contributed by atoms with van der Waals surface area (Å²) in [5.74, 6) is -8.40. The second-order valence-electron chi connectivity index (χ2n) is 19.9. The van der Waals surface area contributed by atoms with Crippen molar-refractivity contribution < 1.29 is 53.4 Å². The summed E-state index contributed by atoms with van der Waals surface area (Å²) in [6, 6.07) is 13.4. The first-order valence-corrected chi connectivity index (χ1v) is 26.4. The third kappa shape index (κ3) is 21.9. The minimum atomic E-state index is -1.62. The van der Waals surface area contributed by atoms with Crippen LogP contribution in [0.15, 0.2) is 94.9 Å². The van der Waals surface area contributed by atoms with Crippen molar-refractivity contribution in [3.05, 3.63) is 102 Å². The van der Waals surface area contributed by atoms with Gasteiger partial charge < -0.3 is 81.4 Å². The summed E-state index contributed by atoms with van der Waals surface area (Å²) >= 11 is 0. The van der Waals surface area contributed by atoms with E-state index in [9.17, 15) is 53.4 Å². The number of aliphatic carboxylic acids is 1. The number of amides is 8. The number of carbonyl (C=O) groups is 9. The molecule has 434 valence electrons. The fourth-order valence-electron chi connectivity index (χ4n) is 8.87. The molecule has 1 heterocycles. The molecule has 1 fully saturated rings. The van der Waals surface area contributed by atoms with Crippen LogP contribution < -0.4 is 66.3 Å². The van der Waals surface area contributed by atoms with E-state index < -0.39 is 108 Å². The van der Waals surface area contributed by atoms with Gasteiger partial charge in [0, 0.05) is 32.5 Å². The number of hydrogen-bond donors (Lipinski definition) is 14. The van der Waals surface area contributed by atoms with Crippen LogP contribution in [0, 0.1) is 5.92 Å². The minimum absolute atomic E-state index is 0.0279. The first-order valence-electron chi connectivity index (χ1n) is 26.4. The lowest BCUT2D eigenvalue weighted by molar-refractivity contribution is -0.143. The molecular weight excluding hydrogens is 1030 g/mol. The van der Waals surface area contributed by atoms with Crippen LogP contribution in [0.4, 0.5) is 0 Å². The molecule has 80 heavy (non-hydrogen) atoms. The number of guanidine groups is 2. The van der Waals surface area contributed by atoms with Crippen LogP contribution in [-0.4, -0.2) is 148 Å². The summed E-state index contributed by atoms with van der Waals surface area (Å²) in [5, 5.41) is 35.1. The van der Waals surface area contributed by atoms with Gasteiger partial charge in [-0.1, -0.05) is 86.6 Å². The molecule has 0 aromatic heterocycles. The van der Waals surface area contributed by atoms with Gasteiger partial charge in [-0.25, -0.2) is 0 Å². The summed E-state index contributed by atoms with van der Waals surface area (Å²) in [6.07, 6.45) is -0.0562. The van der Waals surface area contributed by atoms with Crippen LogP contribution in [0.5, 0.6) is 5.75 Å². The number of nitrogens with two attached hydrogens (primary N) is 6. The van der Waals surface area contributed by atoms with Crippen molar-refractivity contribution in [2.45, 2.75) is 133 Å². The van der Waals surface area contributed by atoms with E-state index in [2.05, 4.69) is 41.9 Å². The summed E-state index contributed by atoms with van der Waals surface area (Å²) in [5.41, 5.74) is 35.7. The molecule has 0 spiro atoms. The Morgan fingerprint density at radius 3 is 1.52 bits per heavy atom. The molecule has 0 unspecified atom stereocenters. The van der Waals surface area contributed by atoms with Gasteiger partial charge in [-0.2, -0.15) is 0 Å². The molecular formula is C54H77N15O11. The Morgan fingerprint density at radius 2 is 1.02 bits per heavy atom. The lowest BCUT2D eigenvalue weighted by Crippen LogP contribution is -2.60. The van der Waals surface area contributed by atoms with Crippen LogP contribution in [0.1, 0.15) is 81.9 Å². The molecule has 3 aromatic rings. The molecule has 4 rings (SSSR count). The van der Waals surface area contributed by atoms with Gasteiger partial charge in [0.15, 0.2) is 11.9 Å². The number of benzene rings is 3. The fraction of sp³-hybridized carbons (Fsp3) is 0.463. The molecule has 26 nitrogen and oxygen atoms in total. The SMILES string of the molecule is CC(C)C[C@H](NC(=O)[C@H](Cc1ccccc1)NC(=O)[C@@H](N)Cc1ccc(O)cc1)C(=O)N[C@@H](Cc1ccccc1)C(=O)N[C@@H](CCCN=C(N)N)C(=O)N1CCC[C@H]1C(=O)N[C@@H](CCCN=C(N)N)C(=O)N[C@@H](CC(=O)O)C(N)=O. The van der Waals surface area contributed by atoms with Crippen molar-refractivity contribution in [3.63, 3.8) is 0 Å². The van der Waals surface area contributed by atoms with Crippen molar-refractivity contribution >= 4 is 65.1 Å². The van der Waals surface area contributed by atoms with E-state index in [0.29, 0.717) is 23.1 Å². The number of nitrogens with zero attached hydrogens (tertiary/aromatic N) is 3. The summed E-state index contributed by atoms with van der Waals surface area (Å²) in [7, 11) is 0. The lowest BCUT2D eigenvalue weighted by atomic mass is 9.99. The van der Waals surface area contributed by atoms with Crippen LogP contribution in [0.25, 0.3) is 0 Å². The molecule has 8 atom stereocenters. The number of carboxylic acid groups (broad SMARTS) is 1. The molecule has 1 aliphatic rings. The highest BCUT2D eigenvalue weighted by Crippen LogP contribution is 2.21. The first-order chi connectivity index (χ1) is 38.0. The standard InChI is InChI=1S/C54H77N15O11/c1-31(2)26-40(67-50(78)41(28-32-12-5-3-6-13-32)66-46(74)36(55)27-34-19-21-35(70)22-20-34)48(76)68-42(29-33-14-7-4-8-15-33)49(77)64-38(17-10-24-62-54(59)60)52(80)69-25-11-18-43(69)51(79)63-37(16-9-23-61-53(57)58)47(75)65-39(45(56)73)30-44(71)72/h3-8,12-15,19-22,31,36-43,70H,9-11,16-18,23-30,55H2,1-2H3,(H2,56,73)(H,63,79)(H,64,77)(H,65,75)(H,66,74)(H,67,78)(H,68,76)(H,71,72)(H4,57,58,61)(H4,59,60,62)/t36-,37-,38-,39-,40-,41-,42-,43-/m0/s1. The molecule has 0 saturated carbocycles. The van der Waals surface area contributed by atoms with Gasteiger partial charge in [-0.05, 0) is 86.1 Å². The maximum atomic E-state index is 14.8. The Hall–Kier alpha value is -8.81. The van der Waals surface area contributed by atoms with E-state index in [-0.39, 0.29) is 101 Å². The molecule has 0 aliphatic carbocycles. The average molecular weight is 1110 g/mol. The number of likely N-dealkylation sites (tertiary alicyclic amines) is 1. The van der Waals surface area contributed by atoms with Crippen LogP contribution in [0.3, 0.4) is 0 Å². The number of aromatic hydroxyl groups is 1. The molecule has 20 N–H and O–H groups in total. The summed E-state index contributed by atoms with van der Waals surface area (Å²) < 4.78 is 0. The Morgan fingerprint density at radius 1 is 0.575 bits per heavy atom. The van der Waals surface area contributed by atoms with Gasteiger partial charge in [-0.15, -0.1) is 0 Å². The highest BCUT2D eigenvalue weighted by molar-refractivity contribution is 5.98. The third-order valence-corrected chi connectivity index (χ3v) is 12.9. The normalized spacial score (nSPS) is 15.5. The van der Waals surface area contributed by atoms with E-state index in [4.69, 9.17) is 34.4 Å². The number of aliphatic imine (C=N–C) groups is 2. The average Bonchev–Trinajstić information content (AvgIpc) is 3.91. The second-order valence-corrected chi connectivity index (χ2v) is 19.9. The van der Waals surface area contributed by atoms with E-state index >= 15 is 0 Å². The van der Waals surface area contributed by atoms with Crippen LogP contribution in [-0.2, 0) is 62.4 Å². The Bertz CT molecular complexity index is 2630. The highest BCUT2D eigenvalue weighted by Gasteiger charge is 2.40. The highest BCUT2D eigenvalue weighted by atomic mass is 16.4. The Balaban J connectivity index is 1.61. The predicted molar refractivity (Wildman–Crippen MR) is 297 cm³/mol. The number of rotatable bonds is 32. The first kappa shape index (κ1) is 63.7. The molecule has 3 aromatic carbocycles. The topological polar surface area (TPSA) is 450 Å². The van der Waals surface area contributed by atoms with Gasteiger partial charge in [0.1, 0.15) is 48.0 Å². The monoisotopic (exact) mass is 1110 g/mol. The van der Waals surface area contributed by atoms with E-state index in [0.717, 1.165) is 0 Å². The zero-order valence-electron chi connectivity index (χ0n) is 45.1. The number of carboxylic acids is 1. The number of phenolic OH excluding ortho intramolecular Hbond substituents is 1. The van der Waals surface area contributed by atoms with Gasteiger partial charge >= 0.3 is 5.97 Å². The van der Waals surface area contributed by atoms with Gasteiger partial charge in [0.2, 0.25) is 47.3 Å². The summed E-state index contributed by atoms with van der Waals surface area (Å²) in [4.78, 5) is 132. The molecule has 8 amide bonds. The Kier molecular flexibility index (Phi) is 25.6. The quantitative estimate of drug-likeness (QED) is 0.0179. The zero-order chi connectivity index (χ0) is 58.9. The van der Waals surface area contributed by atoms with Crippen molar-refractivity contribution in [1.82, 2.24) is 36.8 Å². The van der Waals surface area contributed by atoms with Crippen LogP contribution in [0.2, 0.25) is 0 Å². The maximum Gasteiger partial charge on any atom is 0.305 e. The zero-order valence-corrected chi connectivity index (χ0v) is 45.1. The van der Waals surface area contributed by atoms with E-state index in [1.807, 2.05) is 13.8 Å². The molecule has 1 saturated heterocycles. The smallest absolute Gasteiger partial charge is 0.305 e. The van der Waals surface area contributed by atoms with E-state index in [1.165, 1.54) is 17.0 Å². The predicted octanol–water partition coefficient (Wildman–Crippen LogP) is -2.24. The minimum Gasteiger partial charge on any atom is -0.508 e. The Labute approximate surface area is 464 Å². The van der Waals surface area contributed by atoms with Crippen molar-refractivity contribution in [2.24, 2.45) is 50.3 Å². The molecule has 1 aliphatic heterocycles. The lowest BCUT2D eigenvalue weighted by Gasteiger charge is -2.31. The fourth-order valence-corrected chi connectivity index (χ4v) is 8.87. The van der Waals surface area contributed by atoms with Gasteiger partial charge in [0.25, 0.3) is 0 Å². The third-order valence-electron chi connectivity index (χ3n) is 12.9. The number of carbonyl (C=O) groups excluding carboxylic acids is 8. The number of phenols is 1. The van der Waals surface area contributed by atoms with Gasteiger partial charge in [0.05, 0.1) is 12.5 Å². The van der Waals surface area contributed by atoms with Crippen molar-refractivity contribution in [3.8, 4) is 5.75 Å². The molecule has 0 bridgehead atoms. The number of nitrogens with one attached hydrogen (secondary N) is 6. The number of hydrogen-bond acceptors (Lipinski definition) is 13. The largest absolute Gasteiger partial charge is 0.508 e. The molecule has 0 radical (unpaired) electrons. The van der Waals surface area contributed by atoms with Crippen molar-refractivity contribution in [2.75, 3.05) is 19.6 Å². The van der Waals surface area contributed by atoms with Gasteiger partial charge in [-0.3, -0.25) is 53.1 Å². The van der Waals surface area contributed by atoms with Crippen LogP contribution >= 0.6 is 0 Å².